The van der Waals surface area contributed by atoms with Crippen molar-refractivity contribution in [2.45, 2.75) is 33.1 Å². The summed E-state index contributed by atoms with van der Waals surface area (Å²) >= 11 is 3.52. The Morgan fingerprint density at radius 3 is 2.92 bits per heavy atom. The first kappa shape index (κ1) is 10.8. The van der Waals surface area contributed by atoms with Crippen LogP contribution in [0.4, 0.5) is 0 Å². The van der Waals surface area contributed by atoms with Crippen LogP contribution in [-0.2, 0) is 6.42 Å². The molecule has 0 aliphatic carbocycles. The average molecular weight is 240 g/mol. The van der Waals surface area contributed by atoms with Crippen molar-refractivity contribution in [2.24, 2.45) is 5.92 Å². The molecule has 71 valence electrons. The van der Waals surface area contributed by atoms with Gasteiger partial charge in [0.05, 0.1) is 0 Å². The predicted octanol–water partition coefficient (Wildman–Crippen LogP) is 4.23. The van der Waals surface area contributed by atoms with Crippen LogP contribution >= 0.6 is 15.9 Å². The van der Waals surface area contributed by atoms with Gasteiger partial charge in [0, 0.05) is 4.47 Å². The highest BCUT2D eigenvalue weighted by Crippen LogP contribution is 2.20. The summed E-state index contributed by atoms with van der Waals surface area (Å²) in [5.41, 5.74) is 1.38. The highest BCUT2D eigenvalue weighted by molar-refractivity contribution is 9.10. The van der Waals surface area contributed by atoms with Crippen LogP contribution in [0.2, 0.25) is 0 Å². The van der Waals surface area contributed by atoms with Gasteiger partial charge in [0.2, 0.25) is 0 Å². The third kappa shape index (κ3) is 3.51. The predicted molar refractivity (Wildman–Crippen MR) is 60.8 cm³/mol. The summed E-state index contributed by atoms with van der Waals surface area (Å²) in [6, 6.07) is 9.33. The van der Waals surface area contributed by atoms with E-state index in [0.29, 0.717) is 0 Å². The van der Waals surface area contributed by atoms with Crippen molar-refractivity contribution in [3.8, 4) is 0 Å². The van der Waals surface area contributed by atoms with E-state index < -0.39 is 0 Å². The molecule has 0 nitrogen and oxygen atoms in total. The standard InChI is InChI=1S/C12H16Br/c1-3-6-10(2)9-11-7-4-5-8-12(11)13/h4-5,7,10H,3,6,9H2,1-2H3. The summed E-state index contributed by atoms with van der Waals surface area (Å²) in [6.07, 6.45) is 3.74. The van der Waals surface area contributed by atoms with E-state index in [1.54, 1.807) is 0 Å². The molecule has 0 saturated heterocycles. The lowest BCUT2D eigenvalue weighted by atomic mass is 9.97. The Kier molecular flexibility index (Phi) is 4.51. The van der Waals surface area contributed by atoms with Gasteiger partial charge >= 0.3 is 0 Å². The quantitative estimate of drug-likeness (QED) is 0.738. The molecule has 0 aliphatic heterocycles. The summed E-state index contributed by atoms with van der Waals surface area (Å²) in [4.78, 5) is 0. The summed E-state index contributed by atoms with van der Waals surface area (Å²) in [5, 5.41) is 0. The van der Waals surface area contributed by atoms with Gasteiger partial charge in [-0.3, -0.25) is 0 Å². The maximum atomic E-state index is 3.52. The first-order chi connectivity index (χ1) is 6.24. The molecule has 1 aromatic rings. The van der Waals surface area contributed by atoms with E-state index in [1.807, 2.05) is 6.07 Å². The molecule has 1 unspecified atom stereocenters. The van der Waals surface area contributed by atoms with E-state index in [2.05, 4.69) is 48.0 Å². The second-order valence-electron chi connectivity index (χ2n) is 3.61. The second kappa shape index (κ2) is 5.43. The smallest absolute Gasteiger partial charge is 0.0286 e. The maximum Gasteiger partial charge on any atom is 0.0286 e. The lowest BCUT2D eigenvalue weighted by molar-refractivity contribution is 0.521. The van der Waals surface area contributed by atoms with Gasteiger partial charge in [0.1, 0.15) is 0 Å². The molecule has 1 atom stereocenters. The van der Waals surface area contributed by atoms with Crippen LogP contribution in [0.5, 0.6) is 0 Å². The molecular weight excluding hydrogens is 224 g/mol. The Morgan fingerprint density at radius 1 is 1.54 bits per heavy atom. The minimum absolute atomic E-state index is 0.775. The van der Waals surface area contributed by atoms with Crippen LogP contribution in [0.3, 0.4) is 0 Å². The number of rotatable bonds is 4. The molecule has 1 rings (SSSR count). The van der Waals surface area contributed by atoms with Crippen LogP contribution in [0.25, 0.3) is 0 Å². The number of halogens is 1. The summed E-state index contributed by atoms with van der Waals surface area (Å²) in [5.74, 6) is 0.775. The van der Waals surface area contributed by atoms with Crippen LogP contribution in [0.15, 0.2) is 22.7 Å². The molecule has 0 fully saturated rings. The number of hydrogen-bond donors (Lipinski definition) is 0. The fourth-order valence-corrected chi connectivity index (χ4v) is 2.01. The van der Waals surface area contributed by atoms with Gasteiger partial charge in [-0.2, -0.15) is 0 Å². The van der Waals surface area contributed by atoms with E-state index in [4.69, 9.17) is 0 Å². The van der Waals surface area contributed by atoms with Crippen LogP contribution in [0.1, 0.15) is 32.3 Å². The maximum absolute atomic E-state index is 3.52. The molecule has 1 radical (unpaired) electrons. The van der Waals surface area contributed by atoms with Crippen molar-refractivity contribution in [3.63, 3.8) is 0 Å². The Morgan fingerprint density at radius 2 is 2.31 bits per heavy atom. The molecule has 0 bridgehead atoms. The number of benzene rings is 1. The zero-order valence-electron chi connectivity index (χ0n) is 8.31. The van der Waals surface area contributed by atoms with Crippen LogP contribution in [-0.4, -0.2) is 0 Å². The highest BCUT2D eigenvalue weighted by Gasteiger charge is 2.04. The summed E-state index contributed by atoms with van der Waals surface area (Å²) in [6.45, 7) is 4.55. The van der Waals surface area contributed by atoms with E-state index >= 15 is 0 Å². The number of hydrogen-bond acceptors (Lipinski definition) is 0. The Balaban J connectivity index is 2.58. The zero-order valence-corrected chi connectivity index (χ0v) is 9.89. The van der Waals surface area contributed by atoms with Gasteiger partial charge < -0.3 is 0 Å². The summed E-state index contributed by atoms with van der Waals surface area (Å²) in [7, 11) is 0. The topological polar surface area (TPSA) is 0 Å². The molecule has 0 spiro atoms. The van der Waals surface area contributed by atoms with Gasteiger partial charge in [-0.1, -0.05) is 44.9 Å². The van der Waals surface area contributed by atoms with Gasteiger partial charge in [-0.25, -0.2) is 0 Å². The molecule has 0 amide bonds. The Labute approximate surface area is 89.5 Å². The first-order valence-electron chi connectivity index (χ1n) is 4.89. The van der Waals surface area contributed by atoms with Crippen molar-refractivity contribution in [1.29, 1.82) is 0 Å². The normalized spacial score (nSPS) is 12.8. The molecular formula is C12H16Br. The van der Waals surface area contributed by atoms with Gasteiger partial charge in [0.25, 0.3) is 0 Å². The van der Waals surface area contributed by atoms with Gasteiger partial charge in [0.15, 0.2) is 0 Å². The minimum atomic E-state index is 0.775. The van der Waals surface area contributed by atoms with E-state index in [9.17, 15) is 0 Å². The largest absolute Gasteiger partial charge is 0.0654 e. The fourth-order valence-electron chi connectivity index (χ4n) is 1.58. The minimum Gasteiger partial charge on any atom is -0.0654 e. The Bertz CT molecular complexity index is 255. The van der Waals surface area contributed by atoms with E-state index in [1.165, 1.54) is 18.4 Å². The van der Waals surface area contributed by atoms with Crippen LogP contribution < -0.4 is 0 Å². The van der Waals surface area contributed by atoms with Crippen molar-refractivity contribution in [2.75, 3.05) is 0 Å². The molecule has 1 heteroatoms. The lowest BCUT2D eigenvalue weighted by Gasteiger charge is -2.10. The molecule has 1 aromatic carbocycles. The first-order valence-corrected chi connectivity index (χ1v) is 5.68. The Hall–Kier alpha value is -0.300. The van der Waals surface area contributed by atoms with Crippen molar-refractivity contribution >= 4 is 15.9 Å². The summed E-state index contributed by atoms with van der Waals surface area (Å²) < 4.78 is 1.12. The highest BCUT2D eigenvalue weighted by atomic mass is 79.9. The van der Waals surface area contributed by atoms with Crippen molar-refractivity contribution in [3.05, 3.63) is 34.3 Å². The SMILES string of the molecule is CCCC(C)Cc1ccc[c]c1Br. The third-order valence-corrected chi connectivity index (χ3v) is 2.97. The van der Waals surface area contributed by atoms with Crippen molar-refractivity contribution in [1.82, 2.24) is 0 Å². The van der Waals surface area contributed by atoms with Gasteiger partial charge in [-0.05, 0) is 39.9 Å². The molecule has 0 heterocycles. The molecule has 0 N–H and O–H groups in total. The van der Waals surface area contributed by atoms with Crippen LogP contribution in [0, 0.1) is 12.0 Å². The monoisotopic (exact) mass is 239 g/mol. The van der Waals surface area contributed by atoms with E-state index in [0.717, 1.165) is 16.8 Å². The molecule has 0 aromatic heterocycles. The van der Waals surface area contributed by atoms with E-state index in [-0.39, 0.29) is 0 Å². The van der Waals surface area contributed by atoms with Gasteiger partial charge in [-0.15, -0.1) is 0 Å². The van der Waals surface area contributed by atoms with Crippen molar-refractivity contribution < 1.29 is 0 Å². The lowest BCUT2D eigenvalue weighted by Crippen LogP contribution is -1.99. The molecule has 0 saturated carbocycles. The second-order valence-corrected chi connectivity index (χ2v) is 4.40. The third-order valence-electron chi connectivity index (χ3n) is 2.24. The molecule has 0 aliphatic rings. The zero-order chi connectivity index (χ0) is 9.68. The fraction of sp³-hybridized carbons (Fsp3) is 0.500. The average Bonchev–Trinajstić information content (AvgIpc) is 2.09. The molecule has 13 heavy (non-hydrogen) atoms.